The van der Waals surface area contributed by atoms with Crippen molar-refractivity contribution in [3.05, 3.63) is 145 Å². The number of methoxy groups -OCH3 is 2. The number of aromatic nitrogens is 1. The number of nitrogens with zero attached hydrogens (tertiary/aromatic N) is 2. The molecule has 0 amide bonds. The van der Waals surface area contributed by atoms with Gasteiger partial charge in [-0.2, -0.15) is 0 Å². The summed E-state index contributed by atoms with van der Waals surface area (Å²) in [6.45, 7) is 0.435. The Morgan fingerprint density at radius 1 is 0.933 bits per heavy atom. The van der Waals surface area contributed by atoms with Crippen LogP contribution >= 0.6 is 56.5 Å². The first-order chi connectivity index (χ1) is 21.9. The Hall–Kier alpha value is -3.42. The van der Waals surface area contributed by atoms with Gasteiger partial charge < -0.3 is 14.2 Å². The number of ether oxygens (including phenoxy) is 3. The highest BCUT2D eigenvalue weighted by Gasteiger charge is 2.33. The molecular formula is C36H28I2N2O4S. The molecule has 0 saturated carbocycles. The molecule has 0 bridgehead atoms. The molecule has 2 aliphatic rings. The van der Waals surface area contributed by atoms with E-state index in [4.69, 9.17) is 19.2 Å². The van der Waals surface area contributed by atoms with E-state index in [2.05, 4.69) is 81.6 Å². The van der Waals surface area contributed by atoms with Crippen molar-refractivity contribution in [2.24, 2.45) is 4.99 Å². The van der Waals surface area contributed by atoms with Gasteiger partial charge in [-0.15, -0.1) is 0 Å². The van der Waals surface area contributed by atoms with Crippen molar-refractivity contribution in [3.8, 4) is 17.2 Å². The van der Waals surface area contributed by atoms with Crippen LogP contribution in [0.4, 0.5) is 0 Å². The summed E-state index contributed by atoms with van der Waals surface area (Å²) >= 11 is 6.04. The minimum atomic E-state index is -0.323. The molecule has 0 saturated heterocycles. The number of fused-ring (bicyclic) bond motifs is 3. The van der Waals surface area contributed by atoms with Crippen molar-refractivity contribution in [3.63, 3.8) is 0 Å². The Balaban J connectivity index is 1.41. The molecule has 1 aromatic heterocycles. The van der Waals surface area contributed by atoms with Crippen molar-refractivity contribution in [1.29, 1.82) is 0 Å². The first-order valence-electron chi connectivity index (χ1n) is 14.5. The molecule has 0 radical (unpaired) electrons. The number of benzene rings is 4. The van der Waals surface area contributed by atoms with Crippen molar-refractivity contribution in [2.45, 2.75) is 25.5 Å². The van der Waals surface area contributed by atoms with Gasteiger partial charge in [0.1, 0.15) is 12.4 Å². The number of rotatable bonds is 7. The Kier molecular flexibility index (Phi) is 8.58. The molecule has 5 aromatic rings. The van der Waals surface area contributed by atoms with Gasteiger partial charge in [-0.3, -0.25) is 9.36 Å². The van der Waals surface area contributed by atoms with Gasteiger partial charge in [0.2, 0.25) is 0 Å². The fraction of sp³-hybridized carbons (Fsp3) is 0.167. The molecule has 0 fully saturated rings. The van der Waals surface area contributed by atoms with Gasteiger partial charge in [0.25, 0.3) is 5.56 Å². The summed E-state index contributed by atoms with van der Waals surface area (Å²) < 4.78 is 22.1. The zero-order valence-electron chi connectivity index (χ0n) is 24.6. The summed E-state index contributed by atoms with van der Waals surface area (Å²) in [4.78, 5) is 20.3. The number of allylic oxidation sites excluding steroid dienone is 1. The predicted molar refractivity (Wildman–Crippen MR) is 195 cm³/mol. The molecule has 1 atom stereocenters. The van der Waals surface area contributed by atoms with Crippen molar-refractivity contribution in [1.82, 2.24) is 4.57 Å². The van der Waals surface area contributed by atoms with Crippen LogP contribution in [-0.2, 0) is 13.0 Å². The van der Waals surface area contributed by atoms with Crippen molar-refractivity contribution in [2.75, 3.05) is 14.2 Å². The van der Waals surface area contributed by atoms with Crippen LogP contribution in [0.25, 0.3) is 11.8 Å². The molecule has 2 heterocycles. The number of thiazole rings is 1. The molecule has 226 valence electrons. The topological polar surface area (TPSA) is 62.0 Å². The number of aryl methyl sites for hydroxylation is 1. The molecule has 6 nitrogen and oxygen atoms in total. The minimum Gasteiger partial charge on any atom is -0.493 e. The van der Waals surface area contributed by atoms with Gasteiger partial charge in [-0.1, -0.05) is 72.0 Å². The summed E-state index contributed by atoms with van der Waals surface area (Å²) in [5, 5.41) is 0. The van der Waals surface area contributed by atoms with Crippen molar-refractivity contribution < 1.29 is 14.2 Å². The molecule has 9 heteroatoms. The summed E-state index contributed by atoms with van der Waals surface area (Å²) in [6, 6.07) is 28.3. The first-order valence-corrected chi connectivity index (χ1v) is 17.4. The lowest BCUT2D eigenvalue weighted by Gasteiger charge is -2.31. The molecule has 45 heavy (non-hydrogen) atoms. The average molecular weight is 839 g/mol. The third kappa shape index (κ3) is 5.74. The number of hydrogen-bond donors (Lipinski definition) is 0. The van der Waals surface area contributed by atoms with E-state index in [1.54, 1.807) is 14.2 Å². The molecule has 1 aliphatic heterocycles. The maximum atomic E-state index is 14.4. The van der Waals surface area contributed by atoms with Gasteiger partial charge in [0.15, 0.2) is 16.3 Å². The lowest BCUT2D eigenvalue weighted by Crippen LogP contribution is -2.38. The standard InChI is InChI=1S/C36H28I2N2O4S/c1-42-29-15-13-23(17-30(29)43-2)33-27-14-12-22-10-6-7-11-26(22)32(27)39-36-40(33)35(41)31(45-36)18-24-16-25(37)19-28(38)34(24)44-20-21-8-4-3-5-9-21/h3-11,13,15-19,33H,12,14,20H2,1-2H3/b31-18+/t33-/m0/s1. The highest BCUT2D eigenvalue weighted by atomic mass is 127. The van der Waals surface area contributed by atoms with E-state index in [1.807, 2.05) is 59.2 Å². The van der Waals surface area contributed by atoms with Crippen LogP contribution < -0.4 is 29.1 Å². The quantitative estimate of drug-likeness (QED) is 0.164. The van der Waals surface area contributed by atoms with Gasteiger partial charge in [0.05, 0.1) is 34.1 Å². The van der Waals surface area contributed by atoms with Gasteiger partial charge in [-0.25, -0.2) is 4.99 Å². The molecule has 4 aromatic carbocycles. The Bertz CT molecular complexity index is 2150. The van der Waals surface area contributed by atoms with Crippen molar-refractivity contribution >= 4 is 68.3 Å². The summed E-state index contributed by atoms with van der Waals surface area (Å²) in [5.74, 6) is 2.03. The SMILES string of the molecule is COc1ccc([C@H]2C3=C(N=c4s/c(=C/c5cc(I)cc(I)c5OCc5ccccc5)c(=O)n42)c2ccccc2CC3)cc1OC. The van der Waals surface area contributed by atoms with E-state index in [1.165, 1.54) is 16.9 Å². The van der Waals surface area contributed by atoms with Gasteiger partial charge in [-0.05, 0) is 111 Å². The molecule has 0 spiro atoms. The normalized spacial score (nSPS) is 15.6. The molecule has 1 aliphatic carbocycles. The zero-order valence-corrected chi connectivity index (χ0v) is 29.7. The summed E-state index contributed by atoms with van der Waals surface area (Å²) in [6.07, 6.45) is 3.66. The third-order valence-electron chi connectivity index (χ3n) is 8.15. The van der Waals surface area contributed by atoms with Crippen LogP contribution in [0.1, 0.15) is 40.3 Å². The molecule has 0 N–H and O–H groups in total. The van der Waals surface area contributed by atoms with Gasteiger partial charge in [0, 0.05) is 14.7 Å². The second kappa shape index (κ2) is 12.8. The Labute approximate surface area is 292 Å². The Morgan fingerprint density at radius 3 is 2.51 bits per heavy atom. The lowest BCUT2D eigenvalue weighted by molar-refractivity contribution is 0.303. The molecular weight excluding hydrogens is 810 g/mol. The fourth-order valence-corrected chi connectivity index (χ4v) is 9.09. The Morgan fingerprint density at radius 2 is 1.71 bits per heavy atom. The van der Waals surface area contributed by atoms with Crippen LogP contribution in [0.5, 0.6) is 17.2 Å². The fourth-order valence-electron chi connectivity index (χ4n) is 6.06. The van der Waals surface area contributed by atoms with E-state index in [0.717, 1.165) is 59.3 Å². The van der Waals surface area contributed by atoms with Crippen LogP contribution in [0, 0.1) is 7.14 Å². The van der Waals surface area contributed by atoms with E-state index >= 15 is 0 Å². The molecule has 0 unspecified atom stereocenters. The smallest absolute Gasteiger partial charge is 0.271 e. The third-order valence-corrected chi connectivity index (χ3v) is 10.6. The van der Waals surface area contributed by atoms with E-state index in [9.17, 15) is 4.79 Å². The van der Waals surface area contributed by atoms with Crippen LogP contribution in [0.3, 0.4) is 0 Å². The van der Waals surface area contributed by atoms with E-state index in [-0.39, 0.29) is 11.6 Å². The second-order valence-electron chi connectivity index (χ2n) is 10.8. The van der Waals surface area contributed by atoms with E-state index in [0.29, 0.717) is 27.4 Å². The summed E-state index contributed by atoms with van der Waals surface area (Å²) in [7, 11) is 3.26. The average Bonchev–Trinajstić information content (AvgIpc) is 3.37. The van der Waals surface area contributed by atoms with Crippen LogP contribution in [0.15, 0.2) is 100 Å². The highest BCUT2D eigenvalue weighted by Crippen LogP contribution is 2.43. The second-order valence-corrected chi connectivity index (χ2v) is 14.2. The lowest BCUT2D eigenvalue weighted by atomic mass is 9.83. The van der Waals surface area contributed by atoms with Crippen LogP contribution in [-0.4, -0.2) is 18.8 Å². The number of hydrogen-bond acceptors (Lipinski definition) is 6. The van der Waals surface area contributed by atoms with E-state index < -0.39 is 0 Å². The summed E-state index contributed by atoms with van der Waals surface area (Å²) in [5.41, 5.74) is 7.33. The monoisotopic (exact) mass is 838 g/mol. The maximum absolute atomic E-state index is 14.4. The van der Waals surface area contributed by atoms with Crippen LogP contribution in [0.2, 0.25) is 0 Å². The zero-order chi connectivity index (χ0) is 31.1. The minimum absolute atomic E-state index is 0.0770. The van der Waals surface area contributed by atoms with Gasteiger partial charge >= 0.3 is 0 Å². The largest absolute Gasteiger partial charge is 0.493 e. The highest BCUT2D eigenvalue weighted by molar-refractivity contribution is 14.1. The molecule has 7 rings (SSSR count). The maximum Gasteiger partial charge on any atom is 0.271 e. The predicted octanol–water partition coefficient (Wildman–Crippen LogP) is 7.12. The number of halogens is 2. The first kappa shape index (κ1) is 30.2.